The van der Waals surface area contributed by atoms with Gasteiger partial charge in [0.1, 0.15) is 0 Å². The standard InChI is InChI=1S/C9H20NPS2/c1-8(2)7(11(5,6)12)10-9(3,4)13-8/h7,10H,1-6H3. The maximum Gasteiger partial charge on any atom is 0.0599 e. The fourth-order valence-electron chi connectivity index (χ4n) is 2.15. The van der Waals surface area contributed by atoms with E-state index in [0.717, 1.165) is 0 Å². The van der Waals surface area contributed by atoms with Gasteiger partial charge in [-0.15, -0.1) is 11.8 Å². The van der Waals surface area contributed by atoms with Crippen LogP contribution in [0.2, 0.25) is 0 Å². The second-order valence-corrected chi connectivity index (χ2v) is 13.7. The van der Waals surface area contributed by atoms with Crippen LogP contribution < -0.4 is 5.32 Å². The molecular formula is C9H20NPS2. The second-order valence-electron chi connectivity index (χ2n) is 5.20. The van der Waals surface area contributed by atoms with Crippen LogP contribution in [-0.2, 0) is 11.8 Å². The average molecular weight is 237 g/mol. The summed E-state index contributed by atoms with van der Waals surface area (Å²) in [5, 5.41) is 3.67. The van der Waals surface area contributed by atoms with Crippen molar-refractivity contribution in [2.75, 3.05) is 13.3 Å². The number of thioether (sulfide) groups is 1. The molecule has 1 N–H and O–H groups in total. The Morgan fingerprint density at radius 1 is 1.23 bits per heavy atom. The summed E-state index contributed by atoms with van der Waals surface area (Å²) in [7, 11) is 0. The molecule has 0 aromatic carbocycles. The molecule has 1 fully saturated rings. The highest BCUT2D eigenvalue weighted by Crippen LogP contribution is 2.57. The first-order valence-electron chi connectivity index (χ1n) is 4.57. The molecule has 0 saturated carbocycles. The minimum Gasteiger partial charge on any atom is -0.294 e. The summed E-state index contributed by atoms with van der Waals surface area (Å²) < 4.78 is 0.280. The van der Waals surface area contributed by atoms with E-state index in [1.807, 2.05) is 11.8 Å². The Hall–Kier alpha value is 0.960. The third-order valence-corrected chi connectivity index (χ3v) is 6.50. The van der Waals surface area contributed by atoms with Gasteiger partial charge in [0.2, 0.25) is 0 Å². The lowest BCUT2D eigenvalue weighted by molar-refractivity contribution is 0.515. The van der Waals surface area contributed by atoms with Gasteiger partial charge in [-0.05, 0) is 47.1 Å². The maximum absolute atomic E-state index is 5.63. The molecule has 0 amide bonds. The molecule has 0 bridgehead atoms. The molecule has 1 atom stereocenters. The number of nitrogens with one attached hydrogen (secondary N) is 1. The molecule has 0 aromatic heterocycles. The van der Waals surface area contributed by atoms with Gasteiger partial charge in [0.05, 0.1) is 10.7 Å². The first-order valence-corrected chi connectivity index (χ1v) is 9.15. The highest BCUT2D eigenvalue weighted by Gasteiger charge is 2.48. The molecule has 1 aliphatic heterocycles. The molecule has 1 rings (SSSR count). The average Bonchev–Trinajstić information content (AvgIpc) is 1.97. The first-order chi connectivity index (χ1) is 5.55. The van der Waals surface area contributed by atoms with Crippen LogP contribution >= 0.6 is 17.8 Å². The van der Waals surface area contributed by atoms with Crippen molar-refractivity contribution in [2.45, 2.75) is 43.1 Å². The molecule has 1 heterocycles. The molecule has 78 valence electrons. The molecule has 1 aliphatic rings. The number of rotatable bonds is 1. The third-order valence-electron chi connectivity index (χ3n) is 2.28. The van der Waals surface area contributed by atoms with Gasteiger partial charge in [-0.25, -0.2) is 0 Å². The quantitative estimate of drug-likeness (QED) is 0.704. The van der Waals surface area contributed by atoms with Gasteiger partial charge in [-0.2, -0.15) is 0 Å². The number of hydrogen-bond donors (Lipinski definition) is 1. The van der Waals surface area contributed by atoms with E-state index < -0.39 is 6.04 Å². The molecule has 1 unspecified atom stereocenters. The molecule has 13 heavy (non-hydrogen) atoms. The monoisotopic (exact) mass is 237 g/mol. The fourth-order valence-corrected chi connectivity index (χ4v) is 8.13. The lowest BCUT2D eigenvalue weighted by Crippen LogP contribution is -2.40. The topological polar surface area (TPSA) is 12.0 Å². The van der Waals surface area contributed by atoms with Crippen LogP contribution in [0.1, 0.15) is 27.7 Å². The SMILES string of the molecule is CC1(C)NC(P(C)(C)=S)C(C)(C)S1. The first kappa shape index (κ1) is 12.0. The van der Waals surface area contributed by atoms with Gasteiger partial charge in [0.15, 0.2) is 0 Å². The highest BCUT2D eigenvalue weighted by molar-refractivity contribution is 8.15. The van der Waals surface area contributed by atoms with Crippen molar-refractivity contribution in [1.82, 2.24) is 5.32 Å². The Labute approximate surface area is 91.4 Å². The Kier molecular flexibility index (Phi) is 2.99. The lowest BCUT2D eigenvalue weighted by Gasteiger charge is -2.31. The largest absolute Gasteiger partial charge is 0.294 e. The van der Waals surface area contributed by atoms with Crippen LogP contribution in [0.3, 0.4) is 0 Å². The Bertz CT molecular complexity index is 254. The van der Waals surface area contributed by atoms with Crippen LogP contribution in [-0.4, -0.2) is 28.7 Å². The smallest absolute Gasteiger partial charge is 0.0599 e. The molecule has 4 heteroatoms. The van der Waals surface area contributed by atoms with E-state index in [0.29, 0.717) is 5.78 Å². The van der Waals surface area contributed by atoms with Crippen molar-refractivity contribution in [3.8, 4) is 0 Å². The Balaban J connectivity index is 2.96. The minimum absolute atomic E-state index is 0.185. The summed E-state index contributed by atoms with van der Waals surface area (Å²) in [5.41, 5.74) is 0. The van der Waals surface area contributed by atoms with Crippen LogP contribution in [0.5, 0.6) is 0 Å². The molecule has 0 radical (unpaired) electrons. The van der Waals surface area contributed by atoms with Gasteiger partial charge in [0.25, 0.3) is 0 Å². The van der Waals surface area contributed by atoms with Gasteiger partial charge < -0.3 is 0 Å². The van der Waals surface area contributed by atoms with E-state index in [-0.39, 0.29) is 9.62 Å². The predicted octanol–water partition coefficient (Wildman–Crippen LogP) is 2.90. The molecule has 0 aliphatic carbocycles. The summed E-state index contributed by atoms with van der Waals surface area (Å²) >= 11 is 7.64. The van der Waals surface area contributed by atoms with Crippen LogP contribution in [0.4, 0.5) is 0 Å². The maximum atomic E-state index is 5.63. The van der Waals surface area contributed by atoms with Crippen molar-refractivity contribution >= 4 is 29.6 Å². The zero-order valence-electron chi connectivity index (χ0n) is 9.34. The Morgan fingerprint density at radius 3 is 1.85 bits per heavy atom. The zero-order valence-corrected chi connectivity index (χ0v) is 11.9. The van der Waals surface area contributed by atoms with Crippen molar-refractivity contribution in [1.29, 1.82) is 0 Å². The number of hydrogen-bond acceptors (Lipinski definition) is 3. The normalized spacial score (nSPS) is 32.0. The molecule has 1 nitrogen and oxygen atoms in total. The van der Waals surface area contributed by atoms with Crippen molar-refractivity contribution in [3.05, 3.63) is 0 Å². The van der Waals surface area contributed by atoms with Crippen LogP contribution in [0.15, 0.2) is 0 Å². The van der Waals surface area contributed by atoms with E-state index in [2.05, 4.69) is 46.3 Å². The summed E-state index contributed by atoms with van der Waals surface area (Å²) in [5.74, 6) is 0.509. The summed E-state index contributed by atoms with van der Waals surface area (Å²) in [6.45, 7) is 13.6. The Morgan fingerprint density at radius 2 is 1.69 bits per heavy atom. The zero-order chi connectivity index (χ0) is 10.5. The van der Waals surface area contributed by atoms with Gasteiger partial charge in [-0.1, -0.05) is 11.8 Å². The molecular weight excluding hydrogens is 217 g/mol. The van der Waals surface area contributed by atoms with Crippen LogP contribution in [0.25, 0.3) is 0 Å². The van der Waals surface area contributed by atoms with E-state index in [9.17, 15) is 0 Å². The third kappa shape index (κ3) is 2.71. The second kappa shape index (κ2) is 3.23. The van der Waals surface area contributed by atoms with Gasteiger partial charge >= 0.3 is 0 Å². The van der Waals surface area contributed by atoms with Crippen LogP contribution in [0, 0.1) is 0 Å². The fraction of sp³-hybridized carbons (Fsp3) is 1.00. The van der Waals surface area contributed by atoms with Gasteiger partial charge in [0, 0.05) is 4.75 Å². The van der Waals surface area contributed by atoms with E-state index in [1.165, 1.54) is 0 Å². The van der Waals surface area contributed by atoms with E-state index in [4.69, 9.17) is 11.8 Å². The van der Waals surface area contributed by atoms with Crippen molar-refractivity contribution < 1.29 is 0 Å². The highest BCUT2D eigenvalue weighted by atomic mass is 32.4. The van der Waals surface area contributed by atoms with Gasteiger partial charge in [-0.3, -0.25) is 5.32 Å². The molecule has 0 spiro atoms. The summed E-state index contributed by atoms with van der Waals surface area (Å²) in [6, 6.07) is -1.21. The molecule has 1 saturated heterocycles. The van der Waals surface area contributed by atoms with E-state index in [1.54, 1.807) is 0 Å². The summed E-state index contributed by atoms with van der Waals surface area (Å²) in [6.07, 6.45) is 0. The van der Waals surface area contributed by atoms with Crippen molar-refractivity contribution in [3.63, 3.8) is 0 Å². The summed E-state index contributed by atoms with van der Waals surface area (Å²) in [4.78, 5) is 0.185. The lowest BCUT2D eigenvalue weighted by atomic mass is 10.2. The van der Waals surface area contributed by atoms with E-state index >= 15 is 0 Å². The molecule has 0 aromatic rings. The van der Waals surface area contributed by atoms with Crippen molar-refractivity contribution in [2.24, 2.45) is 0 Å². The predicted molar refractivity (Wildman–Crippen MR) is 68.8 cm³/mol. The minimum atomic E-state index is -1.21.